The lowest BCUT2D eigenvalue weighted by molar-refractivity contribution is 0.0935. The molecule has 0 spiro atoms. The normalized spacial score (nSPS) is 12.2. The van der Waals surface area contributed by atoms with Crippen LogP contribution < -0.4 is 11.1 Å². The van der Waals surface area contributed by atoms with Crippen LogP contribution in [0.5, 0.6) is 0 Å². The Bertz CT molecular complexity index is 607. The van der Waals surface area contributed by atoms with Gasteiger partial charge in [0.1, 0.15) is 11.5 Å². The van der Waals surface area contributed by atoms with Crippen LogP contribution in [0.2, 0.25) is 5.02 Å². The number of amides is 1. The number of carbonyl (C=O) groups excluding carboxylic acids is 1. The van der Waals surface area contributed by atoms with E-state index in [2.05, 4.69) is 5.32 Å². The van der Waals surface area contributed by atoms with Gasteiger partial charge in [-0.05, 0) is 44.2 Å². The number of rotatable bonds is 3. The number of benzene rings is 1. The molecule has 1 aromatic heterocycles. The van der Waals surface area contributed by atoms with Gasteiger partial charge in [-0.1, -0.05) is 11.6 Å². The second-order valence-corrected chi connectivity index (χ2v) is 4.79. The van der Waals surface area contributed by atoms with Gasteiger partial charge in [0.2, 0.25) is 0 Å². The average Bonchev–Trinajstić information content (AvgIpc) is 2.75. The minimum Gasteiger partial charge on any atom is -0.464 e. The summed E-state index contributed by atoms with van der Waals surface area (Å²) in [6, 6.07) is 8.27. The number of nitrogens with one attached hydrogen (secondary N) is 1. The van der Waals surface area contributed by atoms with Crippen LogP contribution in [0.15, 0.2) is 34.7 Å². The Kier molecular flexibility index (Phi) is 3.81. The highest BCUT2D eigenvalue weighted by Gasteiger charge is 2.16. The predicted octanol–water partition coefficient (Wildman–Crippen LogP) is 3.31. The molecule has 0 bridgehead atoms. The van der Waals surface area contributed by atoms with Gasteiger partial charge in [-0.25, -0.2) is 0 Å². The van der Waals surface area contributed by atoms with E-state index in [9.17, 15) is 4.79 Å². The third kappa shape index (κ3) is 3.09. The van der Waals surface area contributed by atoms with Crippen molar-refractivity contribution in [3.8, 4) is 0 Å². The van der Waals surface area contributed by atoms with Crippen molar-refractivity contribution < 1.29 is 9.21 Å². The number of carbonyl (C=O) groups is 1. The van der Waals surface area contributed by atoms with Crippen LogP contribution >= 0.6 is 11.6 Å². The first-order valence-corrected chi connectivity index (χ1v) is 6.27. The highest BCUT2D eigenvalue weighted by molar-refractivity contribution is 6.34. The summed E-state index contributed by atoms with van der Waals surface area (Å²) in [6.45, 7) is 3.70. The zero-order valence-corrected chi connectivity index (χ0v) is 11.5. The standard InChI is InChI=1S/C14H15ClN2O2/c1-8-3-6-13(19-8)9(2)17-14(18)11-5-4-10(16)7-12(11)15/h3-7,9H,16H2,1-2H3,(H,17,18). The zero-order chi connectivity index (χ0) is 14.0. The van der Waals surface area contributed by atoms with Crippen molar-refractivity contribution in [2.24, 2.45) is 0 Å². The molecule has 0 saturated heterocycles. The van der Waals surface area contributed by atoms with Crippen molar-refractivity contribution >= 4 is 23.2 Å². The number of aryl methyl sites for hydroxylation is 1. The molecule has 0 radical (unpaired) electrons. The van der Waals surface area contributed by atoms with Crippen LogP contribution in [-0.2, 0) is 0 Å². The smallest absolute Gasteiger partial charge is 0.253 e. The highest BCUT2D eigenvalue weighted by Crippen LogP contribution is 2.21. The third-order valence-electron chi connectivity index (χ3n) is 2.77. The van der Waals surface area contributed by atoms with Crippen LogP contribution in [-0.4, -0.2) is 5.91 Å². The first kappa shape index (κ1) is 13.5. The molecule has 1 aromatic carbocycles. The van der Waals surface area contributed by atoms with Crippen LogP contribution in [0.25, 0.3) is 0 Å². The largest absolute Gasteiger partial charge is 0.464 e. The lowest BCUT2D eigenvalue weighted by Crippen LogP contribution is -2.26. The van der Waals surface area contributed by atoms with Gasteiger partial charge >= 0.3 is 0 Å². The van der Waals surface area contributed by atoms with E-state index in [1.165, 1.54) is 0 Å². The van der Waals surface area contributed by atoms with E-state index in [-0.39, 0.29) is 11.9 Å². The molecule has 0 fully saturated rings. The second-order valence-electron chi connectivity index (χ2n) is 4.38. The van der Waals surface area contributed by atoms with E-state index in [0.717, 1.165) is 5.76 Å². The number of furan rings is 1. The van der Waals surface area contributed by atoms with Crippen LogP contribution in [0.4, 0.5) is 5.69 Å². The summed E-state index contributed by atoms with van der Waals surface area (Å²) in [5, 5.41) is 3.16. The molecule has 0 aliphatic carbocycles. The highest BCUT2D eigenvalue weighted by atomic mass is 35.5. The molecule has 0 aliphatic rings. The summed E-state index contributed by atoms with van der Waals surface area (Å²) >= 11 is 5.99. The van der Waals surface area contributed by atoms with E-state index in [0.29, 0.717) is 22.0 Å². The maximum Gasteiger partial charge on any atom is 0.253 e. The molecule has 19 heavy (non-hydrogen) atoms. The molecule has 0 saturated carbocycles. The number of hydrogen-bond acceptors (Lipinski definition) is 3. The SMILES string of the molecule is Cc1ccc(C(C)NC(=O)c2ccc(N)cc2Cl)o1. The van der Waals surface area contributed by atoms with Crippen molar-refractivity contribution in [2.75, 3.05) is 5.73 Å². The Morgan fingerprint density at radius 2 is 2.11 bits per heavy atom. The van der Waals surface area contributed by atoms with Crippen molar-refractivity contribution in [1.82, 2.24) is 5.32 Å². The molecule has 1 amide bonds. The molecule has 4 nitrogen and oxygen atoms in total. The fourth-order valence-corrected chi connectivity index (χ4v) is 2.02. The van der Waals surface area contributed by atoms with Gasteiger partial charge in [-0.15, -0.1) is 0 Å². The maximum absolute atomic E-state index is 12.1. The van der Waals surface area contributed by atoms with E-state index in [1.54, 1.807) is 18.2 Å². The quantitative estimate of drug-likeness (QED) is 0.846. The zero-order valence-electron chi connectivity index (χ0n) is 10.7. The average molecular weight is 279 g/mol. The van der Waals surface area contributed by atoms with Gasteiger partial charge in [0.15, 0.2) is 0 Å². The Balaban J connectivity index is 2.12. The third-order valence-corrected chi connectivity index (χ3v) is 3.09. The first-order valence-electron chi connectivity index (χ1n) is 5.89. The number of nitrogen functional groups attached to an aromatic ring is 1. The number of nitrogens with two attached hydrogens (primary N) is 1. The predicted molar refractivity (Wildman–Crippen MR) is 75.2 cm³/mol. The second kappa shape index (κ2) is 5.36. The molecule has 3 N–H and O–H groups in total. The lowest BCUT2D eigenvalue weighted by atomic mass is 10.1. The molecule has 0 aliphatic heterocycles. The van der Waals surface area contributed by atoms with Crippen molar-refractivity contribution in [3.63, 3.8) is 0 Å². The fourth-order valence-electron chi connectivity index (χ4n) is 1.75. The summed E-state index contributed by atoms with van der Waals surface area (Å²) in [7, 11) is 0. The molecule has 2 rings (SSSR count). The lowest BCUT2D eigenvalue weighted by Gasteiger charge is -2.12. The van der Waals surface area contributed by atoms with Gasteiger partial charge in [0, 0.05) is 5.69 Å². The van der Waals surface area contributed by atoms with Crippen molar-refractivity contribution in [1.29, 1.82) is 0 Å². The van der Waals surface area contributed by atoms with E-state index in [4.69, 9.17) is 21.8 Å². The molecular formula is C14H15ClN2O2. The Morgan fingerprint density at radius 3 is 2.68 bits per heavy atom. The number of hydrogen-bond donors (Lipinski definition) is 2. The Morgan fingerprint density at radius 1 is 1.37 bits per heavy atom. The first-order chi connectivity index (χ1) is 8.97. The van der Waals surface area contributed by atoms with Crippen molar-refractivity contribution in [3.05, 3.63) is 52.4 Å². The molecule has 100 valence electrons. The minimum atomic E-state index is -0.258. The summed E-state index contributed by atoms with van der Waals surface area (Å²) < 4.78 is 5.46. The van der Waals surface area contributed by atoms with Gasteiger partial charge < -0.3 is 15.5 Å². The Hall–Kier alpha value is -1.94. The maximum atomic E-state index is 12.1. The van der Waals surface area contributed by atoms with E-state index < -0.39 is 0 Å². The molecule has 1 atom stereocenters. The van der Waals surface area contributed by atoms with Crippen LogP contribution in [0.3, 0.4) is 0 Å². The number of halogens is 1. The molecule has 1 unspecified atom stereocenters. The van der Waals surface area contributed by atoms with Crippen LogP contribution in [0, 0.1) is 6.92 Å². The van der Waals surface area contributed by atoms with Crippen molar-refractivity contribution in [2.45, 2.75) is 19.9 Å². The van der Waals surface area contributed by atoms with Gasteiger partial charge in [0.25, 0.3) is 5.91 Å². The summed E-state index contributed by atoms with van der Waals surface area (Å²) in [5.74, 6) is 1.26. The summed E-state index contributed by atoms with van der Waals surface area (Å²) in [5.41, 5.74) is 6.51. The molecular weight excluding hydrogens is 264 g/mol. The topological polar surface area (TPSA) is 68.3 Å². The summed E-state index contributed by atoms with van der Waals surface area (Å²) in [4.78, 5) is 12.1. The monoisotopic (exact) mass is 278 g/mol. The Labute approximate surface area is 116 Å². The van der Waals surface area contributed by atoms with Crippen LogP contribution in [0.1, 0.15) is 34.8 Å². The fraction of sp³-hybridized carbons (Fsp3) is 0.214. The minimum absolute atomic E-state index is 0.227. The van der Waals surface area contributed by atoms with E-state index >= 15 is 0 Å². The molecule has 5 heteroatoms. The van der Waals surface area contributed by atoms with Gasteiger partial charge in [-0.3, -0.25) is 4.79 Å². The van der Waals surface area contributed by atoms with E-state index in [1.807, 2.05) is 26.0 Å². The van der Waals surface area contributed by atoms with Gasteiger partial charge in [0.05, 0.1) is 16.6 Å². The van der Waals surface area contributed by atoms with Gasteiger partial charge in [-0.2, -0.15) is 0 Å². The molecule has 2 aromatic rings. The molecule has 1 heterocycles. The summed E-state index contributed by atoms with van der Waals surface area (Å²) in [6.07, 6.45) is 0. The number of anilines is 1.